The number of rotatable bonds is 3. The zero-order chi connectivity index (χ0) is 20.2. The minimum atomic E-state index is -0.766. The summed E-state index contributed by atoms with van der Waals surface area (Å²) in [5.41, 5.74) is 3.65. The van der Waals surface area contributed by atoms with Gasteiger partial charge in [-0.25, -0.2) is 0 Å². The number of carboxylic acids is 1. The first-order valence-electron chi connectivity index (χ1n) is 10.1. The fourth-order valence-corrected chi connectivity index (χ4v) is 4.47. The minimum Gasteiger partial charge on any atom is -0.481 e. The van der Waals surface area contributed by atoms with E-state index in [0.717, 1.165) is 29.7 Å². The number of likely N-dealkylation sites (N-methyl/N-ethyl adjacent to an activating group) is 1. The molecule has 1 aliphatic rings. The Morgan fingerprint density at radius 1 is 1.30 bits per heavy atom. The van der Waals surface area contributed by atoms with E-state index >= 15 is 0 Å². The summed E-state index contributed by atoms with van der Waals surface area (Å²) >= 11 is 0. The van der Waals surface area contributed by atoms with Gasteiger partial charge in [0.25, 0.3) is 0 Å². The number of aryl methyl sites for hydroxylation is 1. The van der Waals surface area contributed by atoms with Crippen molar-refractivity contribution in [2.24, 2.45) is 11.8 Å². The molecule has 2 N–H and O–H groups in total. The summed E-state index contributed by atoms with van der Waals surface area (Å²) in [6.45, 7) is 9.55. The predicted molar refractivity (Wildman–Crippen MR) is 111 cm³/mol. The van der Waals surface area contributed by atoms with Crippen molar-refractivity contribution in [3.63, 3.8) is 0 Å². The number of hydrogen-bond acceptors (Lipinski definition) is 3. The zero-order valence-electron chi connectivity index (χ0n) is 17.5. The van der Waals surface area contributed by atoms with Crippen molar-refractivity contribution in [3.05, 3.63) is 41.0 Å². The van der Waals surface area contributed by atoms with Gasteiger partial charge in [0.15, 0.2) is 0 Å². The van der Waals surface area contributed by atoms with Crippen molar-refractivity contribution in [1.82, 2.24) is 4.90 Å². The lowest BCUT2D eigenvalue weighted by molar-refractivity contribution is -0.141. The molecule has 0 bridgehead atoms. The van der Waals surface area contributed by atoms with E-state index in [2.05, 4.69) is 30.9 Å². The fraction of sp³-hybridized carbons (Fsp3) is 0.609. The topological polar surface area (TPSA) is 60.8 Å². The van der Waals surface area contributed by atoms with Crippen molar-refractivity contribution < 1.29 is 15.0 Å². The van der Waals surface area contributed by atoms with Crippen LogP contribution in [0.1, 0.15) is 57.6 Å². The van der Waals surface area contributed by atoms with Crippen molar-refractivity contribution in [2.45, 2.75) is 59.0 Å². The van der Waals surface area contributed by atoms with Gasteiger partial charge in [-0.05, 0) is 69.2 Å². The molecule has 0 radical (unpaired) electrons. The third-order valence-corrected chi connectivity index (χ3v) is 6.10. The van der Waals surface area contributed by atoms with Gasteiger partial charge in [-0.2, -0.15) is 0 Å². The van der Waals surface area contributed by atoms with Crippen molar-refractivity contribution in [1.29, 1.82) is 0 Å². The molecule has 1 aliphatic heterocycles. The molecule has 4 heteroatoms. The van der Waals surface area contributed by atoms with Crippen molar-refractivity contribution in [2.75, 3.05) is 20.1 Å². The maximum Gasteiger partial charge on any atom is 0.310 e. The highest BCUT2D eigenvalue weighted by atomic mass is 16.4. The van der Waals surface area contributed by atoms with Gasteiger partial charge in [0.1, 0.15) is 0 Å². The first-order valence-corrected chi connectivity index (χ1v) is 10.1. The van der Waals surface area contributed by atoms with E-state index in [1.165, 1.54) is 5.56 Å². The number of nitrogens with zero attached hydrogens (tertiary/aromatic N) is 1. The molecular formula is C23H35NO3. The van der Waals surface area contributed by atoms with Crippen LogP contribution in [0.15, 0.2) is 29.8 Å². The summed E-state index contributed by atoms with van der Waals surface area (Å²) in [4.78, 5) is 14.3. The monoisotopic (exact) mass is 373 g/mol. The van der Waals surface area contributed by atoms with Gasteiger partial charge in [-0.3, -0.25) is 4.79 Å². The van der Waals surface area contributed by atoms with Gasteiger partial charge in [0, 0.05) is 13.1 Å². The Hall–Kier alpha value is -1.65. The van der Waals surface area contributed by atoms with Crippen LogP contribution in [0.2, 0.25) is 0 Å². The second kappa shape index (κ2) is 9.03. The molecule has 150 valence electrons. The number of hydrogen-bond donors (Lipinski definition) is 2. The van der Waals surface area contributed by atoms with E-state index in [4.69, 9.17) is 0 Å². The largest absolute Gasteiger partial charge is 0.481 e. The molecule has 4 nitrogen and oxygen atoms in total. The SMILES string of the molecule is CCC1(O)CC(C)CC(C(=O)O)/C(C)=C(/c2ccccc2C)CCN(C)C1. The summed E-state index contributed by atoms with van der Waals surface area (Å²) in [7, 11) is 2.04. The first-order chi connectivity index (χ1) is 12.7. The standard InChI is InChI=1S/C23H35NO3/c1-6-23(27)14-16(2)13-21(22(25)26)18(4)20(11-12-24(5)15-23)19-10-8-7-9-17(19)3/h7-10,16,21,27H,6,11-15H2,1-5H3,(H,25,26)/b20-18+. The van der Waals surface area contributed by atoms with Gasteiger partial charge in [-0.15, -0.1) is 0 Å². The van der Waals surface area contributed by atoms with Gasteiger partial charge in [-0.1, -0.05) is 43.7 Å². The molecule has 0 saturated carbocycles. The highest BCUT2D eigenvalue weighted by molar-refractivity contribution is 5.80. The molecular weight excluding hydrogens is 338 g/mol. The van der Waals surface area contributed by atoms with Crippen LogP contribution < -0.4 is 0 Å². The fourth-order valence-electron chi connectivity index (χ4n) is 4.47. The molecule has 1 heterocycles. The van der Waals surface area contributed by atoms with E-state index < -0.39 is 17.5 Å². The summed E-state index contributed by atoms with van der Waals surface area (Å²) in [6.07, 6.45) is 2.65. The average Bonchev–Trinajstić information content (AvgIpc) is 2.61. The summed E-state index contributed by atoms with van der Waals surface area (Å²) in [5, 5.41) is 21.0. The molecule has 0 aliphatic carbocycles. The lowest BCUT2D eigenvalue weighted by Gasteiger charge is -2.34. The van der Waals surface area contributed by atoms with Crippen LogP contribution in [-0.4, -0.2) is 46.8 Å². The normalized spacial score (nSPS) is 31.3. The van der Waals surface area contributed by atoms with Crippen LogP contribution in [0, 0.1) is 18.8 Å². The maximum absolute atomic E-state index is 12.1. The van der Waals surface area contributed by atoms with E-state index in [1.54, 1.807) is 0 Å². The van der Waals surface area contributed by atoms with Gasteiger partial charge in [0.2, 0.25) is 0 Å². The number of β-amino-alcohol motifs (C(OH)–C–C–N with tert-alkyl or cyclic N) is 1. The maximum atomic E-state index is 12.1. The van der Waals surface area contributed by atoms with Crippen molar-refractivity contribution >= 4 is 11.5 Å². The van der Waals surface area contributed by atoms with Crippen LogP contribution in [0.5, 0.6) is 0 Å². The van der Waals surface area contributed by atoms with Crippen LogP contribution in [0.25, 0.3) is 5.57 Å². The van der Waals surface area contributed by atoms with Crippen LogP contribution in [0.4, 0.5) is 0 Å². The van der Waals surface area contributed by atoms with Crippen LogP contribution >= 0.6 is 0 Å². The molecule has 0 aromatic heterocycles. The Bertz CT molecular complexity index is 697. The lowest BCUT2D eigenvalue weighted by Crippen LogP contribution is -2.42. The Balaban J connectivity index is 2.51. The molecule has 3 atom stereocenters. The van der Waals surface area contributed by atoms with Crippen LogP contribution in [0.3, 0.4) is 0 Å². The molecule has 0 amide bonds. The number of aliphatic carboxylic acids is 1. The number of benzene rings is 1. The number of aliphatic hydroxyl groups is 1. The van der Waals surface area contributed by atoms with E-state index in [0.29, 0.717) is 25.8 Å². The minimum absolute atomic E-state index is 0.135. The second-order valence-electron chi connectivity index (χ2n) is 8.48. The Morgan fingerprint density at radius 2 is 1.96 bits per heavy atom. The quantitative estimate of drug-likeness (QED) is 0.826. The van der Waals surface area contributed by atoms with Crippen molar-refractivity contribution in [3.8, 4) is 0 Å². The van der Waals surface area contributed by atoms with Crippen LogP contribution in [-0.2, 0) is 4.79 Å². The molecule has 2 rings (SSSR count). The Kier molecular flexibility index (Phi) is 7.24. The Morgan fingerprint density at radius 3 is 2.56 bits per heavy atom. The Labute approximate surface area is 163 Å². The third kappa shape index (κ3) is 5.43. The summed E-state index contributed by atoms with van der Waals surface area (Å²) in [6, 6.07) is 8.22. The summed E-state index contributed by atoms with van der Waals surface area (Å²) < 4.78 is 0. The van der Waals surface area contributed by atoms with Gasteiger partial charge in [0.05, 0.1) is 11.5 Å². The molecule has 3 unspecified atom stereocenters. The predicted octanol–water partition coefficient (Wildman–Crippen LogP) is 4.36. The molecule has 27 heavy (non-hydrogen) atoms. The third-order valence-electron chi connectivity index (χ3n) is 6.10. The number of carboxylic acid groups (broad SMARTS) is 1. The smallest absolute Gasteiger partial charge is 0.310 e. The lowest BCUT2D eigenvalue weighted by atomic mass is 9.80. The number of carbonyl (C=O) groups is 1. The van der Waals surface area contributed by atoms with Gasteiger partial charge < -0.3 is 15.1 Å². The molecule has 1 aromatic rings. The van der Waals surface area contributed by atoms with E-state index in [1.807, 2.05) is 33.0 Å². The highest BCUT2D eigenvalue weighted by Gasteiger charge is 2.33. The van der Waals surface area contributed by atoms with Gasteiger partial charge >= 0.3 is 5.97 Å². The molecule has 0 saturated heterocycles. The average molecular weight is 374 g/mol. The second-order valence-corrected chi connectivity index (χ2v) is 8.48. The molecule has 0 spiro atoms. The van der Waals surface area contributed by atoms with E-state index in [9.17, 15) is 15.0 Å². The first kappa shape index (κ1) is 21.6. The highest BCUT2D eigenvalue weighted by Crippen LogP contribution is 2.35. The molecule has 1 aromatic carbocycles. The molecule has 0 fully saturated rings. The zero-order valence-corrected chi connectivity index (χ0v) is 17.5. The van der Waals surface area contributed by atoms with E-state index in [-0.39, 0.29) is 5.92 Å². The summed E-state index contributed by atoms with van der Waals surface area (Å²) in [5.74, 6) is -1.15.